The fourth-order valence-electron chi connectivity index (χ4n) is 2.43. The summed E-state index contributed by atoms with van der Waals surface area (Å²) in [4.78, 5) is 26.4. The van der Waals surface area contributed by atoms with Gasteiger partial charge in [0.2, 0.25) is 0 Å². The van der Waals surface area contributed by atoms with Crippen molar-refractivity contribution < 1.29 is 22.7 Å². The predicted molar refractivity (Wildman–Crippen MR) is 91.5 cm³/mol. The number of ether oxygens (including phenoxy) is 1. The Hall–Kier alpha value is -1.89. The van der Waals surface area contributed by atoms with E-state index >= 15 is 0 Å². The molecule has 0 aromatic heterocycles. The molecule has 0 N–H and O–H groups in total. The summed E-state index contributed by atoms with van der Waals surface area (Å²) < 4.78 is 28.1. The molecule has 1 aromatic carbocycles. The molecule has 1 amide bonds. The van der Waals surface area contributed by atoms with Gasteiger partial charge in [-0.05, 0) is 58.9 Å². The van der Waals surface area contributed by atoms with E-state index < -0.39 is 21.9 Å². The predicted octanol–water partition coefficient (Wildman–Crippen LogP) is 2.28. The number of hydrogen-bond donors (Lipinski definition) is 0. The molecule has 0 saturated carbocycles. The molecule has 0 aliphatic rings. The second kappa shape index (κ2) is 7.79. The Morgan fingerprint density at radius 3 is 1.79 bits per heavy atom. The SMILES string of the molecule is CC(C)N(C(=O)[C@H](C)OC(=O)c1ccc(S(C)(=O)=O)cc1)C(C)C. The third kappa shape index (κ3) is 5.06. The van der Waals surface area contributed by atoms with Crippen molar-refractivity contribution in [2.45, 2.75) is 57.7 Å². The van der Waals surface area contributed by atoms with Crippen LogP contribution in [0.3, 0.4) is 0 Å². The topological polar surface area (TPSA) is 80.8 Å². The minimum atomic E-state index is -3.32. The number of nitrogens with zero attached hydrogens (tertiary/aromatic N) is 1. The molecule has 0 radical (unpaired) electrons. The first-order valence-electron chi connectivity index (χ1n) is 7.78. The fraction of sp³-hybridized carbons (Fsp3) is 0.529. The van der Waals surface area contributed by atoms with E-state index in [9.17, 15) is 18.0 Å². The molecular formula is C17H25NO5S. The van der Waals surface area contributed by atoms with Crippen molar-refractivity contribution in [1.29, 1.82) is 0 Å². The van der Waals surface area contributed by atoms with Gasteiger partial charge >= 0.3 is 5.97 Å². The highest BCUT2D eigenvalue weighted by molar-refractivity contribution is 7.90. The van der Waals surface area contributed by atoms with Gasteiger partial charge in [0.1, 0.15) is 0 Å². The van der Waals surface area contributed by atoms with Crippen LogP contribution in [0.2, 0.25) is 0 Å². The lowest BCUT2D eigenvalue weighted by Crippen LogP contribution is -2.47. The van der Waals surface area contributed by atoms with Gasteiger partial charge in [0.15, 0.2) is 15.9 Å². The third-order valence-electron chi connectivity index (χ3n) is 3.52. The van der Waals surface area contributed by atoms with Crippen LogP contribution in [-0.2, 0) is 19.4 Å². The first kappa shape index (κ1) is 20.2. The zero-order valence-corrected chi connectivity index (χ0v) is 15.8. The van der Waals surface area contributed by atoms with E-state index in [1.165, 1.54) is 31.2 Å². The molecular weight excluding hydrogens is 330 g/mol. The summed E-state index contributed by atoms with van der Waals surface area (Å²) in [5.41, 5.74) is 0.197. The van der Waals surface area contributed by atoms with Crippen LogP contribution in [-0.4, -0.2) is 49.6 Å². The minimum Gasteiger partial charge on any atom is -0.449 e. The third-order valence-corrected chi connectivity index (χ3v) is 4.65. The van der Waals surface area contributed by atoms with Crippen LogP contribution >= 0.6 is 0 Å². The molecule has 6 nitrogen and oxygen atoms in total. The van der Waals surface area contributed by atoms with Crippen molar-refractivity contribution in [3.8, 4) is 0 Å². The van der Waals surface area contributed by atoms with Crippen molar-refractivity contribution >= 4 is 21.7 Å². The van der Waals surface area contributed by atoms with Gasteiger partial charge in [-0.15, -0.1) is 0 Å². The first-order valence-corrected chi connectivity index (χ1v) is 9.67. The van der Waals surface area contributed by atoms with E-state index in [4.69, 9.17) is 4.74 Å². The Morgan fingerprint density at radius 1 is 0.958 bits per heavy atom. The lowest BCUT2D eigenvalue weighted by molar-refractivity contribution is -0.143. The molecule has 0 fully saturated rings. The summed E-state index contributed by atoms with van der Waals surface area (Å²) >= 11 is 0. The number of carbonyl (C=O) groups excluding carboxylic acids is 2. The molecule has 0 aliphatic heterocycles. The largest absolute Gasteiger partial charge is 0.449 e. The number of amides is 1. The van der Waals surface area contributed by atoms with E-state index in [2.05, 4.69) is 0 Å². The maximum Gasteiger partial charge on any atom is 0.338 e. The van der Waals surface area contributed by atoms with Gasteiger partial charge in [-0.3, -0.25) is 4.79 Å². The smallest absolute Gasteiger partial charge is 0.338 e. The average molecular weight is 355 g/mol. The van der Waals surface area contributed by atoms with Gasteiger partial charge in [-0.1, -0.05) is 0 Å². The lowest BCUT2D eigenvalue weighted by atomic mass is 10.2. The number of benzene rings is 1. The first-order chi connectivity index (χ1) is 10.9. The van der Waals surface area contributed by atoms with E-state index in [0.29, 0.717) is 0 Å². The number of hydrogen-bond acceptors (Lipinski definition) is 5. The average Bonchev–Trinajstić information content (AvgIpc) is 2.45. The Balaban J connectivity index is 2.85. The molecule has 1 rings (SSSR count). The van der Waals surface area contributed by atoms with Crippen LogP contribution in [0.25, 0.3) is 0 Å². The molecule has 7 heteroatoms. The summed E-state index contributed by atoms with van der Waals surface area (Å²) in [6, 6.07) is 5.41. The highest BCUT2D eigenvalue weighted by atomic mass is 32.2. The van der Waals surface area contributed by atoms with E-state index in [1.54, 1.807) is 4.90 Å². The molecule has 0 aliphatic carbocycles. The van der Waals surface area contributed by atoms with Crippen LogP contribution in [0.5, 0.6) is 0 Å². The molecule has 134 valence electrons. The Morgan fingerprint density at radius 2 is 1.42 bits per heavy atom. The van der Waals surface area contributed by atoms with E-state index in [-0.39, 0.29) is 28.4 Å². The Labute approximate surface area is 143 Å². The summed E-state index contributed by atoms with van der Waals surface area (Å²) in [6.45, 7) is 9.13. The van der Waals surface area contributed by atoms with Gasteiger partial charge in [-0.25, -0.2) is 13.2 Å². The number of sulfone groups is 1. The molecule has 0 spiro atoms. The molecule has 0 heterocycles. The number of esters is 1. The van der Waals surface area contributed by atoms with Crippen molar-refractivity contribution in [2.24, 2.45) is 0 Å². The van der Waals surface area contributed by atoms with Crippen molar-refractivity contribution in [2.75, 3.05) is 6.26 Å². The van der Waals surface area contributed by atoms with E-state index in [1.807, 2.05) is 27.7 Å². The van der Waals surface area contributed by atoms with Gasteiger partial charge < -0.3 is 9.64 Å². The second-order valence-corrected chi connectivity index (χ2v) is 8.29. The maximum absolute atomic E-state index is 12.4. The second-order valence-electron chi connectivity index (χ2n) is 6.28. The van der Waals surface area contributed by atoms with Crippen LogP contribution in [0.1, 0.15) is 45.0 Å². The molecule has 0 saturated heterocycles. The van der Waals surface area contributed by atoms with Crippen molar-refractivity contribution in [1.82, 2.24) is 4.90 Å². The molecule has 1 aromatic rings. The van der Waals surface area contributed by atoms with Gasteiger partial charge in [0, 0.05) is 18.3 Å². The molecule has 1 atom stereocenters. The number of rotatable bonds is 6. The van der Waals surface area contributed by atoms with Crippen LogP contribution < -0.4 is 0 Å². The maximum atomic E-state index is 12.4. The van der Waals surface area contributed by atoms with E-state index in [0.717, 1.165) is 6.26 Å². The Kier molecular flexibility index (Phi) is 6.54. The van der Waals surface area contributed by atoms with Crippen LogP contribution in [0, 0.1) is 0 Å². The molecule has 24 heavy (non-hydrogen) atoms. The summed E-state index contributed by atoms with van der Waals surface area (Å²) in [6.07, 6.45) is 0.171. The zero-order chi connectivity index (χ0) is 18.7. The van der Waals surface area contributed by atoms with Gasteiger partial charge in [-0.2, -0.15) is 0 Å². The van der Waals surface area contributed by atoms with Crippen molar-refractivity contribution in [3.63, 3.8) is 0 Å². The van der Waals surface area contributed by atoms with Gasteiger partial charge in [0.05, 0.1) is 10.5 Å². The molecule has 0 unspecified atom stereocenters. The summed E-state index contributed by atoms with van der Waals surface area (Å²) in [7, 11) is -3.32. The highest BCUT2D eigenvalue weighted by Gasteiger charge is 2.28. The van der Waals surface area contributed by atoms with Crippen LogP contribution in [0.4, 0.5) is 0 Å². The summed E-state index contributed by atoms with van der Waals surface area (Å²) in [5.74, 6) is -0.926. The quantitative estimate of drug-likeness (QED) is 0.731. The number of carbonyl (C=O) groups is 2. The monoisotopic (exact) mass is 355 g/mol. The van der Waals surface area contributed by atoms with Crippen LogP contribution in [0.15, 0.2) is 29.2 Å². The zero-order valence-electron chi connectivity index (χ0n) is 14.9. The molecule has 0 bridgehead atoms. The standard InChI is InChI=1S/C17H25NO5S/c1-11(2)18(12(3)4)16(19)13(5)23-17(20)14-7-9-15(10-8-14)24(6,21)22/h7-13H,1-6H3/t13-/m0/s1. The Bertz CT molecular complexity index is 684. The summed E-state index contributed by atoms with van der Waals surface area (Å²) in [5, 5.41) is 0. The highest BCUT2D eigenvalue weighted by Crippen LogP contribution is 2.14. The van der Waals surface area contributed by atoms with Gasteiger partial charge in [0.25, 0.3) is 5.91 Å². The minimum absolute atomic E-state index is 0.00676. The fourth-order valence-corrected chi connectivity index (χ4v) is 3.06. The normalized spacial score (nSPS) is 13.0. The van der Waals surface area contributed by atoms with Crippen molar-refractivity contribution in [3.05, 3.63) is 29.8 Å². The lowest BCUT2D eigenvalue weighted by Gasteiger charge is -2.32.